The van der Waals surface area contributed by atoms with Crippen LogP contribution in [0, 0.1) is 0 Å². The van der Waals surface area contributed by atoms with Gasteiger partial charge in [0.1, 0.15) is 0 Å². The molecule has 0 saturated heterocycles. The summed E-state index contributed by atoms with van der Waals surface area (Å²) >= 11 is 0. The number of aromatic nitrogens is 4. The quantitative estimate of drug-likeness (QED) is 0.537. The van der Waals surface area contributed by atoms with Crippen molar-refractivity contribution in [1.82, 2.24) is 19.5 Å². The minimum Gasteiger partial charge on any atom is -0.481 e. The highest BCUT2D eigenvalue weighted by Crippen LogP contribution is 2.26. The van der Waals surface area contributed by atoms with E-state index in [1.54, 1.807) is 16.7 Å². The molecule has 0 bridgehead atoms. The van der Waals surface area contributed by atoms with Gasteiger partial charge in [0.05, 0.1) is 26.7 Å². The normalized spacial score (nSPS) is 10.9. The maximum absolute atomic E-state index is 10.8. The molecule has 0 atom stereocenters. The lowest BCUT2D eigenvalue weighted by Crippen LogP contribution is -2.07. The highest BCUT2D eigenvalue weighted by Gasteiger charge is 2.18. The molecule has 0 aliphatic heterocycles. The molecule has 0 aliphatic carbocycles. The number of methoxy groups -OCH3 is 1. The van der Waals surface area contributed by atoms with Gasteiger partial charge in [-0.3, -0.25) is 9.36 Å². The summed E-state index contributed by atoms with van der Waals surface area (Å²) < 4.78 is 12.8. The molecule has 0 amide bonds. The van der Waals surface area contributed by atoms with Crippen LogP contribution in [0.5, 0.6) is 12.0 Å². The lowest BCUT2D eigenvalue weighted by molar-refractivity contribution is -0.136. The molecule has 2 aromatic heterocycles. The van der Waals surface area contributed by atoms with Gasteiger partial charge in [0.15, 0.2) is 17.0 Å². The number of rotatable bonds is 9. The van der Waals surface area contributed by atoms with Crippen molar-refractivity contribution in [3.63, 3.8) is 0 Å². The molecule has 0 radical (unpaired) electrons. The number of carbonyl (C=O) groups is 1. The van der Waals surface area contributed by atoms with E-state index in [0.29, 0.717) is 30.3 Å². The van der Waals surface area contributed by atoms with Gasteiger partial charge in [-0.25, -0.2) is 0 Å². The second-order valence-corrected chi connectivity index (χ2v) is 6.34. The maximum Gasteiger partial charge on any atom is 0.320 e. The average Bonchev–Trinajstić information content (AvgIpc) is 3.01. The lowest BCUT2D eigenvalue weighted by atomic mass is 10.1. The third-order valence-corrected chi connectivity index (χ3v) is 4.20. The molecule has 2 heterocycles. The fraction of sp³-hybridized carbons (Fsp3) is 0.368. The van der Waals surface area contributed by atoms with Gasteiger partial charge in [0.25, 0.3) is 6.01 Å². The summed E-state index contributed by atoms with van der Waals surface area (Å²) in [7, 11) is 1.52. The summed E-state index contributed by atoms with van der Waals surface area (Å²) in [5, 5.41) is 8.89. The van der Waals surface area contributed by atoms with Crippen LogP contribution in [-0.4, -0.2) is 44.3 Å². The Hall–Kier alpha value is -3.36. The summed E-state index contributed by atoms with van der Waals surface area (Å²) in [6, 6.07) is 7.88. The summed E-state index contributed by atoms with van der Waals surface area (Å²) in [5.74, 6) is -0.636. The smallest absolute Gasteiger partial charge is 0.320 e. The van der Waals surface area contributed by atoms with Crippen LogP contribution in [0.25, 0.3) is 11.2 Å². The largest absolute Gasteiger partial charge is 0.481 e. The van der Waals surface area contributed by atoms with Gasteiger partial charge in [-0.1, -0.05) is 37.6 Å². The van der Waals surface area contributed by atoms with Gasteiger partial charge in [-0.15, -0.1) is 0 Å². The first kappa shape index (κ1) is 19.4. The highest BCUT2D eigenvalue weighted by molar-refractivity contribution is 5.83. The van der Waals surface area contributed by atoms with Gasteiger partial charge in [-0.2, -0.15) is 15.0 Å². The molecule has 0 saturated carbocycles. The van der Waals surface area contributed by atoms with Crippen molar-refractivity contribution >= 4 is 23.0 Å². The molecular formula is C19H23N5O4. The van der Waals surface area contributed by atoms with Crippen LogP contribution >= 0.6 is 0 Å². The van der Waals surface area contributed by atoms with E-state index in [1.165, 1.54) is 7.11 Å². The number of benzene rings is 1. The van der Waals surface area contributed by atoms with Crippen LogP contribution in [0.4, 0.5) is 5.82 Å². The van der Waals surface area contributed by atoms with Crippen molar-refractivity contribution in [2.24, 2.45) is 0 Å². The molecule has 148 valence electrons. The summed E-state index contributed by atoms with van der Waals surface area (Å²) in [6.45, 7) is 3.01. The highest BCUT2D eigenvalue weighted by atomic mass is 16.5. The summed E-state index contributed by atoms with van der Waals surface area (Å²) in [5.41, 5.74) is 8.68. The van der Waals surface area contributed by atoms with Gasteiger partial charge in [0, 0.05) is 0 Å². The predicted octanol–water partition coefficient (Wildman–Crippen LogP) is 2.27. The van der Waals surface area contributed by atoms with E-state index in [-0.39, 0.29) is 18.2 Å². The fourth-order valence-corrected chi connectivity index (χ4v) is 2.77. The zero-order valence-corrected chi connectivity index (χ0v) is 15.9. The van der Waals surface area contributed by atoms with Crippen LogP contribution in [-0.2, 0) is 17.8 Å². The SMILES string of the molecule is CCCCOc1nc(N)c2nc(OC)n(Cc3ccc(CC(=O)O)cc3)c2n1. The Bertz CT molecular complexity index is 969. The number of fused-ring (bicyclic) bond motifs is 1. The van der Waals surface area contributed by atoms with Crippen LogP contribution in [0.3, 0.4) is 0 Å². The first-order valence-corrected chi connectivity index (χ1v) is 9.02. The molecule has 1 aromatic carbocycles. The van der Waals surface area contributed by atoms with E-state index in [4.69, 9.17) is 20.3 Å². The number of carboxylic acids is 1. The van der Waals surface area contributed by atoms with E-state index in [2.05, 4.69) is 21.9 Å². The van der Waals surface area contributed by atoms with Gasteiger partial charge in [0.2, 0.25) is 0 Å². The van der Waals surface area contributed by atoms with E-state index >= 15 is 0 Å². The molecule has 9 nitrogen and oxygen atoms in total. The molecular weight excluding hydrogens is 362 g/mol. The number of nitrogens with zero attached hydrogens (tertiary/aromatic N) is 4. The molecule has 3 rings (SSSR count). The molecule has 0 spiro atoms. The van der Waals surface area contributed by atoms with Crippen molar-refractivity contribution < 1.29 is 19.4 Å². The summed E-state index contributed by atoms with van der Waals surface area (Å²) in [6.07, 6.45) is 1.88. The number of hydrogen-bond donors (Lipinski definition) is 2. The Morgan fingerprint density at radius 2 is 1.89 bits per heavy atom. The standard InChI is InChI=1S/C19H23N5O4/c1-3-4-9-28-18-22-16(20)15-17(23-18)24(19(21-15)27-2)11-13-7-5-12(6-8-13)10-14(25)26/h5-8H,3-4,9-11H2,1-2H3,(H,25,26)(H2,20,22,23). The number of unbranched alkanes of at least 4 members (excludes halogenated alkanes) is 1. The molecule has 0 aliphatic rings. The van der Waals surface area contributed by atoms with Crippen LogP contribution in [0.1, 0.15) is 30.9 Å². The fourth-order valence-electron chi connectivity index (χ4n) is 2.77. The molecule has 28 heavy (non-hydrogen) atoms. The van der Waals surface area contributed by atoms with Crippen molar-refractivity contribution in [3.05, 3.63) is 35.4 Å². The Kier molecular flexibility index (Phi) is 5.93. The monoisotopic (exact) mass is 385 g/mol. The Morgan fingerprint density at radius 3 is 2.54 bits per heavy atom. The van der Waals surface area contributed by atoms with Crippen molar-refractivity contribution in [2.75, 3.05) is 19.5 Å². The maximum atomic E-state index is 10.8. The third-order valence-electron chi connectivity index (χ3n) is 4.20. The number of carboxylic acid groups (broad SMARTS) is 1. The Labute approximate surface area is 162 Å². The first-order chi connectivity index (χ1) is 13.5. The van der Waals surface area contributed by atoms with Crippen molar-refractivity contribution in [3.8, 4) is 12.0 Å². The van der Waals surface area contributed by atoms with E-state index in [9.17, 15) is 4.79 Å². The van der Waals surface area contributed by atoms with Crippen LogP contribution < -0.4 is 15.2 Å². The van der Waals surface area contributed by atoms with E-state index in [0.717, 1.165) is 24.0 Å². The number of imidazole rings is 1. The second-order valence-electron chi connectivity index (χ2n) is 6.34. The minimum absolute atomic E-state index is 0.0141. The number of ether oxygens (including phenoxy) is 2. The zero-order chi connectivity index (χ0) is 20.1. The van der Waals surface area contributed by atoms with Crippen molar-refractivity contribution in [1.29, 1.82) is 0 Å². The molecule has 9 heteroatoms. The van der Waals surface area contributed by atoms with Gasteiger partial charge in [-0.05, 0) is 17.5 Å². The Morgan fingerprint density at radius 1 is 1.18 bits per heavy atom. The second kappa shape index (κ2) is 8.55. The van der Waals surface area contributed by atoms with Crippen LogP contribution in [0.15, 0.2) is 24.3 Å². The third kappa shape index (κ3) is 4.30. The number of nitrogen functional groups attached to an aromatic ring is 1. The van der Waals surface area contributed by atoms with Gasteiger partial charge >= 0.3 is 12.0 Å². The molecule has 0 fully saturated rings. The van der Waals surface area contributed by atoms with Crippen molar-refractivity contribution in [2.45, 2.75) is 32.7 Å². The predicted molar refractivity (Wildman–Crippen MR) is 104 cm³/mol. The molecule has 3 N–H and O–H groups in total. The number of aliphatic carboxylic acids is 1. The lowest BCUT2D eigenvalue weighted by Gasteiger charge is -2.09. The van der Waals surface area contributed by atoms with Gasteiger partial charge < -0.3 is 20.3 Å². The molecule has 3 aromatic rings. The molecule has 0 unspecified atom stereocenters. The minimum atomic E-state index is -0.863. The summed E-state index contributed by atoms with van der Waals surface area (Å²) in [4.78, 5) is 23.8. The van der Waals surface area contributed by atoms with E-state index < -0.39 is 5.97 Å². The average molecular weight is 385 g/mol. The number of anilines is 1. The first-order valence-electron chi connectivity index (χ1n) is 9.02. The van der Waals surface area contributed by atoms with Crippen LogP contribution in [0.2, 0.25) is 0 Å². The number of hydrogen-bond acceptors (Lipinski definition) is 7. The zero-order valence-electron chi connectivity index (χ0n) is 15.9. The topological polar surface area (TPSA) is 125 Å². The number of nitrogens with two attached hydrogens (primary N) is 1. The Balaban J connectivity index is 1.93. The van der Waals surface area contributed by atoms with E-state index in [1.807, 2.05) is 12.1 Å².